The van der Waals surface area contributed by atoms with E-state index in [9.17, 15) is 9.90 Å². The van der Waals surface area contributed by atoms with Gasteiger partial charge >= 0.3 is 5.97 Å². The van der Waals surface area contributed by atoms with Crippen molar-refractivity contribution in [1.29, 1.82) is 0 Å². The number of aromatic hydroxyl groups is 1. The van der Waals surface area contributed by atoms with Crippen molar-refractivity contribution in [3.8, 4) is 40.0 Å². The number of benzene rings is 3. The van der Waals surface area contributed by atoms with Crippen LogP contribution in [0.25, 0.3) is 33.6 Å². The second kappa shape index (κ2) is 10.2. The van der Waals surface area contributed by atoms with Crippen LogP contribution in [-0.4, -0.2) is 40.5 Å². The van der Waals surface area contributed by atoms with Crippen molar-refractivity contribution in [2.45, 2.75) is 6.61 Å². The molecule has 0 amide bonds. The van der Waals surface area contributed by atoms with E-state index in [1.807, 2.05) is 48.5 Å². The Bertz CT molecular complexity index is 1620. The van der Waals surface area contributed by atoms with Crippen molar-refractivity contribution in [2.24, 2.45) is 0 Å². The first-order valence-electron chi connectivity index (χ1n) is 11.1. The zero-order valence-corrected chi connectivity index (χ0v) is 20.5. The fourth-order valence-electron chi connectivity index (χ4n) is 3.80. The average Bonchev–Trinajstić information content (AvgIpc) is 3.39. The third-order valence-electron chi connectivity index (χ3n) is 5.60. The normalized spacial score (nSPS) is 10.9. The molecule has 9 nitrogen and oxygen atoms in total. The number of carbonyl (C=O) groups is 1. The fraction of sp³-hybridized carbons (Fsp3) is 0.111. The number of aromatic nitrogens is 3. The fourth-order valence-corrected chi connectivity index (χ4v) is 3.97. The van der Waals surface area contributed by atoms with Crippen molar-refractivity contribution in [3.63, 3.8) is 0 Å². The Labute approximate surface area is 216 Å². The predicted molar refractivity (Wildman–Crippen MR) is 136 cm³/mol. The van der Waals surface area contributed by atoms with Crippen LogP contribution in [0.3, 0.4) is 0 Å². The number of hydrogen-bond acceptors (Lipinski definition) is 9. The molecule has 2 aromatic heterocycles. The molecule has 0 bridgehead atoms. The Morgan fingerprint density at radius 2 is 1.78 bits per heavy atom. The summed E-state index contributed by atoms with van der Waals surface area (Å²) in [5, 5.41) is 19.2. The van der Waals surface area contributed by atoms with Crippen LogP contribution in [0.4, 0.5) is 0 Å². The lowest BCUT2D eigenvalue weighted by Gasteiger charge is -2.11. The second-order valence-corrected chi connectivity index (χ2v) is 8.32. The van der Waals surface area contributed by atoms with Crippen LogP contribution in [0.1, 0.15) is 16.2 Å². The number of phenolic OH excluding ortho intramolecular Hbond substituents is 1. The molecular formula is C27H20ClN3O6. The number of halogens is 1. The summed E-state index contributed by atoms with van der Waals surface area (Å²) in [5.41, 5.74) is 2.84. The van der Waals surface area contributed by atoms with Gasteiger partial charge in [-0.2, -0.15) is 0 Å². The summed E-state index contributed by atoms with van der Waals surface area (Å²) in [6, 6.07) is 19.1. The van der Waals surface area contributed by atoms with Crippen LogP contribution in [0.5, 0.6) is 17.2 Å². The van der Waals surface area contributed by atoms with Gasteiger partial charge in [0, 0.05) is 16.0 Å². The predicted octanol–water partition coefficient (Wildman–Crippen LogP) is 5.69. The van der Waals surface area contributed by atoms with Gasteiger partial charge in [-0.1, -0.05) is 29.8 Å². The van der Waals surface area contributed by atoms with Crippen LogP contribution < -0.4 is 9.47 Å². The monoisotopic (exact) mass is 517 g/mol. The van der Waals surface area contributed by atoms with Crippen LogP contribution in [0, 0.1) is 0 Å². The van der Waals surface area contributed by atoms with Crippen LogP contribution in [-0.2, 0) is 11.3 Å². The number of phenols is 1. The van der Waals surface area contributed by atoms with Gasteiger partial charge in [-0.15, -0.1) is 10.2 Å². The van der Waals surface area contributed by atoms with Gasteiger partial charge in [0.2, 0.25) is 5.89 Å². The summed E-state index contributed by atoms with van der Waals surface area (Å²) >= 11 is 5.81. The van der Waals surface area contributed by atoms with Crippen LogP contribution >= 0.6 is 11.6 Å². The van der Waals surface area contributed by atoms with Gasteiger partial charge in [-0.25, -0.2) is 9.78 Å². The SMILES string of the molecule is COc1ccc(-c2cc(-c3nnc(COC(=O)c4ccc(Cl)cc4O)o3)c3ccccc3n2)cc1OC. The van der Waals surface area contributed by atoms with Crippen LogP contribution in [0.2, 0.25) is 5.02 Å². The molecule has 0 atom stereocenters. The minimum atomic E-state index is -0.751. The van der Waals surface area contributed by atoms with E-state index in [4.69, 9.17) is 35.2 Å². The van der Waals surface area contributed by atoms with E-state index >= 15 is 0 Å². The summed E-state index contributed by atoms with van der Waals surface area (Å²) in [7, 11) is 3.15. The summed E-state index contributed by atoms with van der Waals surface area (Å²) in [6.45, 7) is -0.278. The standard InChI is InChI=1S/C27H20ClN3O6/c1-34-23-10-7-15(11-24(23)35-2)21-13-19(17-5-3-4-6-20(17)29-21)26-31-30-25(37-26)14-36-27(33)18-9-8-16(28)12-22(18)32/h3-13,32H,14H2,1-2H3. The molecule has 0 aliphatic carbocycles. The molecule has 0 spiro atoms. The van der Waals surface area contributed by atoms with Gasteiger partial charge in [-0.05, 0) is 48.5 Å². The van der Waals surface area contributed by atoms with E-state index in [-0.39, 0.29) is 29.7 Å². The minimum Gasteiger partial charge on any atom is -0.507 e. The number of methoxy groups -OCH3 is 2. The molecule has 2 heterocycles. The van der Waals surface area contributed by atoms with Crippen LogP contribution in [0.15, 0.2) is 71.1 Å². The van der Waals surface area contributed by atoms with Crippen molar-refractivity contribution >= 4 is 28.5 Å². The van der Waals surface area contributed by atoms with Crippen molar-refractivity contribution < 1.29 is 28.5 Å². The molecular weight excluding hydrogens is 498 g/mol. The Hall–Kier alpha value is -4.63. The summed E-state index contributed by atoms with van der Waals surface area (Å²) in [4.78, 5) is 17.1. The Morgan fingerprint density at radius 1 is 0.973 bits per heavy atom. The molecule has 186 valence electrons. The topological polar surface area (TPSA) is 117 Å². The van der Waals surface area contributed by atoms with E-state index in [2.05, 4.69) is 10.2 Å². The van der Waals surface area contributed by atoms with Crippen molar-refractivity contribution in [1.82, 2.24) is 15.2 Å². The molecule has 37 heavy (non-hydrogen) atoms. The molecule has 10 heteroatoms. The number of para-hydroxylation sites is 1. The third kappa shape index (κ3) is 4.89. The number of pyridine rings is 1. The highest BCUT2D eigenvalue weighted by molar-refractivity contribution is 6.30. The smallest absolute Gasteiger partial charge is 0.342 e. The zero-order valence-electron chi connectivity index (χ0n) is 19.8. The lowest BCUT2D eigenvalue weighted by atomic mass is 10.0. The van der Waals surface area contributed by atoms with E-state index in [0.717, 1.165) is 16.5 Å². The maximum atomic E-state index is 12.4. The molecule has 5 rings (SSSR count). The van der Waals surface area contributed by atoms with Gasteiger partial charge in [0.25, 0.3) is 5.89 Å². The van der Waals surface area contributed by atoms with Gasteiger partial charge in [0.1, 0.15) is 11.3 Å². The second-order valence-electron chi connectivity index (χ2n) is 7.88. The summed E-state index contributed by atoms with van der Waals surface area (Å²) in [6.07, 6.45) is 0. The molecule has 0 radical (unpaired) electrons. The zero-order chi connectivity index (χ0) is 25.9. The average molecular weight is 518 g/mol. The first-order chi connectivity index (χ1) is 18.0. The van der Waals surface area contributed by atoms with Gasteiger partial charge in [-0.3, -0.25) is 0 Å². The molecule has 0 saturated carbocycles. The van der Waals surface area contributed by atoms with E-state index in [0.29, 0.717) is 27.8 Å². The number of ether oxygens (including phenoxy) is 3. The summed E-state index contributed by atoms with van der Waals surface area (Å²) in [5.74, 6) is 0.472. The third-order valence-corrected chi connectivity index (χ3v) is 5.83. The lowest BCUT2D eigenvalue weighted by Crippen LogP contribution is -2.05. The highest BCUT2D eigenvalue weighted by Gasteiger charge is 2.18. The Kier molecular flexibility index (Phi) is 6.61. The maximum Gasteiger partial charge on any atom is 0.342 e. The molecule has 0 aliphatic rings. The number of fused-ring (bicyclic) bond motifs is 1. The largest absolute Gasteiger partial charge is 0.507 e. The number of hydrogen-bond donors (Lipinski definition) is 1. The first-order valence-corrected chi connectivity index (χ1v) is 11.4. The Morgan fingerprint density at radius 3 is 2.57 bits per heavy atom. The molecule has 0 saturated heterocycles. The molecule has 0 fully saturated rings. The number of rotatable bonds is 7. The maximum absolute atomic E-state index is 12.4. The highest BCUT2D eigenvalue weighted by atomic mass is 35.5. The van der Waals surface area contributed by atoms with E-state index < -0.39 is 5.97 Å². The molecule has 5 aromatic rings. The molecule has 0 unspecified atom stereocenters. The van der Waals surface area contributed by atoms with E-state index in [1.54, 1.807) is 14.2 Å². The van der Waals surface area contributed by atoms with Gasteiger partial charge < -0.3 is 23.7 Å². The first kappa shape index (κ1) is 24.1. The molecule has 3 aromatic carbocycles. The lowest BCUT2D eigenvalue weighted by molar-refractivity contribution is 0.0435. The minimum absolute atomic E-state index is 0.0242. The van der Waals surface area contributed by atoms with Gasteiger partial charge in [0.05, 0.1) is 31.0 Å². The van der Waals surface area contributed by atoms with Crippen molar-refractivity contribution in [2.75, 3.05) is 14.2 Å². The van der Waals surface area contributed by atoms with E-state index in [1.165, 1.54) is 18.2 Å². The van der Waals surface area contributed by atoms with Crippen molar-refractivity contribution in [3.05, 3.63) is 83.2 Å². The number of nitrogens with zero attached hydrogens (tertiary/aromatic N) is 3. The Balaban J connectivity index is 1.46. The quantitative estimate of drug-likeness (QED) is 0.272. The molecule has 1 N–H and O–H groups in total. The number of esters is 1. The molecule has 0 aliphatic heterocycles. The summed E-state index contributed by atoms with van der Waals surface area (Å²) < 4.78 is 21.8. The van der Waals surface area contributed by atoms with Gasteiger partial charge in [0.15, 0.2) is 18.1 Å². The highest BCUT2D eigenvalue weighted by Crippen LogP contribution is 2.35. The number of carbonyl (C=O) groups excluding carboxylic acids is 1.